The number of rotatable bonds is 12. The number of methoxy groups -OCH3 is 1. The van der Waals surface area contributed by atoms with Gasteiger partial charge in [-0.15, -0.1) is 11.3 Å². The first kappa shape index (κ1) is 27.9. The quantitative estimate of drug-likeness (QED) is 0.173. The zero-order valence-corrected chi connectivity index (χ0v) is 23.7. The lowest BCUT2D eigenvalue weighted by atomic mass is 10.1. The standard InChI is InChI=1S/C30H31N7O3S/c1-31-26(38)13-5-3-4-12-23(35-28(39)25-18-41-30(37-25)20-10-8-14-32-16-20)27-33-17-24(34-27)21-15-19-9-6-7-11-22(19)36-29(21)40-2/h6-11,14-18,23H,3-5,12-13H2,1-2H3,(H,31,38)(H,33,34)(H,35,39)/t23-/m0/s1. The highest BCUT2D eigenvalue weighted by Gasteiger charge is 2.22. The van der Waals surface area contributed by atoms with Gasteiger partial charge in [-0.3, -0.25) is 14.6 Å². The minimum absolute atomic E-state index is 0.0245. The summed E-state index contributed by atoms with van der Waals surface area (Å²) in [5, 5.41) is 9.22. The summed E-state index contributed by atoms with van der Waals surface area (Å²) in [6.07, 6.45) is 8.69. The fraction of sp³-hybridized carbons (Fsp3) is 0.267. The van der Waals surface area contributed by atoms with Crippen LogP contribution in [0.25, 0.3) is 32.7 Å². The van der Waals surface area contributed by atoms with Crippen molar-refractivity contribution in [3.63, 3.8) is 0 Å². The molecule has 0 aliphatic heterocycles. The summed E-state index contributed by atoms with van der Waals surface area (Å²) in [4.78, 5) is 46.3. The van der Waals surface area contributed by atoms with Crippen LogP contribution in [-0.2, 0) is 4.79 Å². The zero-order valence-electron chi connectivity index (χ0n) is 22.9. The number of unbranched alkanes of at least 4 members (excludes halogenated alkanes) is 2. The molecule has 0 saturated carbocycles. The number of ether oxygens (including phenoxy) is 1. The van der Waals surface area contributed by atoms with E-state index in [1.165, 1.54) is 11.3 Å². The van der Waals surface area contributed by atoms with E-state index in [0.29, 0.717) is 30.2 Å². The zero-order chi connectivity index (χ0) is 28.6. The maximum Gasteiger partial charge on any atom is 0.271 e. The van der Waals surface area contributed by atoms with Gasteiger partial charge in [0.25, 0.3) is 5.91 Å². The third-order valence-corrected chi connectivity index (χ3v) is 7.62. The monoisotopic (exact) mass is 569 g/mol. The number of pyridine rings is 2. The summed E-state index contributed by atoms with van der Waals surface area (Å²) in [6.45, 7) is 0. The van der Waals surface area contributed by atoms with Gasteiger partial charge in [-0.05, 0) is 37.1 Å². The Balaban J connectivity index is 1.37. The number of nitrogens with zero attached hydrogens (tertiary/aromatic N) is 4. The number of hydrogen-bond donors (Lipinski definition) is 3. The predicted molar refractivity (Wildman–Crippen MR) is 159 cm³/mol. The number of aromatic nitrogens is 5. The number of carbonyl (C=O) groups is 2. The molecule has 0 aliphatic rings. The molecule has 1 aromatic carbocycles. The van der Waals surface area contributed by atoms with Crippen LogP contribution in [0.4, 0.5) is 0 Å². The first-order valence-electron chi connectivity index (χ1n) is 13.4. The number of para-hydroxylation sites is 1. The number of H-pyrrole nitrogens is 1. The Morgan fingerprint density at radius 2 is 1.95 bits per heavy atom. The number of carbonyl (C=O) groups excluding carboxylic acids is 2. The molecule has 41 heavy (non-hydrogen) atoms. The average Bonchev–Trinajstić information content (AvgIpc) is 3.71. The molecular formula is C30H31N7O3S. The Labute approximate surface area is 241 Å². The highest BCUT2D eigenvalue weighted by molar-refractivity contribution is 7.13. The number of hydrogen-bond acceptors (Lipinski definition) is 8. The van der Waals surface area contributed by atoms with E-state index in [1.807, 2.05) is 42.5 Å². The van der Waals surface area contributed by atoms with Gasteiger partial charge in [0.05, 0.1) is 36.1 Å². The second-order valence-corrected chi connectivity index (χ2v) is 10.4. The number of amides is 2. The Bertz CT molecular complexity index is 1630. The SMILES string of the molecule is CNC(=O)CCCCC[C@H](NC(=O)c1csc(-c2cccnc2)n1)c1ncc(-c2cc3ccccc3nc2OC)[nH]1. The molecule has 0 saturated heterocycles. The maximum absolute atomic E-state index is 13.3. The summed E-state index contributed by atoms with van der Waals surface area (Å²) >= 11 is 1.40. The second-order valence-electron chi connectivity index (χ2n) is 9.50. The lowest BCUT2D eigenvalue weighted by Gasteiger charge is -2.16. The van der Waals surface area contributed by atoms with Crippen LogP contribution < -0.4 is 15.4 Å². The van der Waals surface area contributed by atoms with Crippen molar-refractivity contribution in [2.75, 3.05) is 14.2 Å². The highest BCUT2D eigenvalue weighted by atomic mass is 32.1. The molecule has 0 radical (unpaired) electrons. The first-order chi connectivity index (χ1) is 20.1. The lowest BCUT2D eigenvalue weighted by Crippen LogP contribution is -2.29. The van der Waals surface area contributed by atoms with Gasteiger partial charge in [-0.2, -0.15) is 0 Å². The van der Waals surface area contributed by atoms with Crippen LogP contribution in [0.5, 0.6) is 5.88 Å². The van der Waals surface area contributed by atoms with Crippen molar-refractivity contribution in [2.45, 2.75) is 38.1 Å². The van der Waals surface area contributed by atoms with Crippen molar-refractivity contribution in [3.8, 4) is 27.7 Å². The van der Waals surface area contributed by atoms with Crippen molar-refractivity contribution in [1.82, 2.24) is 35.6 Å². The van der Waals surface area contributed by atoms with Gasteiger partial charge in [0.1, 0.15) is 16.5 Å². The van der Waals surface area contributed by atoms with E-state index < -0.39 is 0 Å². The second kappa shape index (κ2) is 13.1. The maximum atomic E-state index is 13.3. The summed E-state index contributed by atoms with van der Waals surface area (Å²) < 4.78 is 5.59. The number of fused-ring (bicyclic) bond motifs is 1. The molecule has 210 valence electrons. The topological polar surface area (TPSA) is 135 Å². The summed E-state index contributed by atoms with van der Waals surface area (Å²) in [5.74, 6) is 0.850. The van der Waals surface area contributed by atoms with Crippen LogP contribution in [-0.4, -0.2) is 50.9 Å². The van der Waals surface area contributed by atoms with Gasteiger partial charge in [0, 0.05) is 42.2 Å². The molecule has 0 bridgehead atoms. The van der Waals surface area contributed by atoms with Crippen molar-refractivity contribution < 1.29 is 14.3 Å². The molecule has 0 spiro atoms. The normalized spacial score (nSPS) is 11.8. The Hall–Kier alpha value is -4.64. The summed E-state index contributed by atoms with van der Waals surface area (Å²) in [5.41, 5.74) is 3.55. The lowest BCUT2D eigenvalue weighted by molar-refractivity contribution is -0.120. The minimum atomic E-state index is -0.390. The molecular weight excluding hydrogens is 538 g/mol. The Kier molecular flexibility index (Phi) is 8.95. The van der Waals surface area contributed by atoms with E-state index in [4.69, 9.17) is 4.74 Å². The van der Waals surface area contributed by atoms with Gasteiger partial charge in [0.2, 0.25) is 11.8 Å². The van der Waals surface area contributed by atoms with Crippen LogP contribution >= 0.6 is 11.3 Å². The molecule has 11 heteroatoms. The minimum Gasteiger partial charge on any atom is -0.480 e. The summed E-state index contributed by atoms with van der Waals surface area (Å²) in [7, 11) is 3.23. The van der Waals surface area contributed by atoms with Crippen LogP contribution in [0.15, 0.2) is 66.4 Å². The molecule has 2 amide bonds. The molecule has 0 unspecified atom stereocenters. The molecule has 4 aromatic heterocycles. The Morgan fingerprint density at radius 1 is 1.07 bits per heavy atom. The van der Waals surface area contributed by atoms with Gasteiger partial charge >= 0.3 is 0 Å². The van der Waals surface area contributed by atoms with E-state index >= 15 is 0 Å². The van der Waals surface area contributed by atoms with Gasteiger partial charge in [0.15, 0.2) is 0 Å². The van der Waals surface area contributed by atoms with Crippen molar-refractivity contribution >= 4 is 34.1 Å². The first-order valence-corrected chi connectivity index (χ1v) is 14.3. The molecule has 0 fully saturated rings. The largest absolute Gasteiger partial charge is 0.480 e. The molecule has 3 N–H and O–H groups in total. The highest BCUT2D eigenvalue weighted by Crippen LogP contribution is 2.32. The van der Waals surface area contributed by atoms with Crippen molar-refractivity contribution in [3.05, 3.63) is 78.0 Å². The number of thiazole rings is 1. The predicted octanol–water partition coefficient (Wildman–Crippen LogP) is 5.32. The Morgan fingerprint density at radius 3 is 2.76 bits per heavy atom. The number of nitrogens with one attached hydrogen (secondary N) is 3. The molecule has 1 atom stereocenters. The number of benzene rings is 1. The van der Waals surface area contributed by atoms with E-state index in [0.717, 1.165) is 52.0 Å². The smallest absolute Gasteiger partial charge is 0.271 e. The van der Waals surface area contributed by atoms with E-state index in [1.54, 1.807) is 38.1 Å². The number of aromatic amines is 1. The molecule has 10 nitrogen and oxygen atoms in total. The van der Waals surface area contributed by atoms with Crippen LogP contribution in [0.1, 0.15) is 54.5 Å². The van der Waals surface area contributed by atoms with Gasteiger partial charge < -0.3 is 20.4 Å². The van der Waals surface area contributed by atoms with Crippen molar-refractivity contribution in [1.29, 1.82) is 0 Å². The molecule has 5 rings (SSSR count). The fourth-order valence-corrected chi connectivity index (χ4v) is 5.33. The van der Waals surface area contributed by atoms with Crippen LogP contribution in [0.2, 0.25) is 0 Å². The van der Waals surface area contributed by atoms with Crippen LogP contribution in [0, 0.1) is 0 Å². The van der Waals surface area contributed by atoms with Gasteiger partial charge in [-0.1, -0.05) is 31.0 Å². The van der Waals surface area contributed by atoms with Crippen LogP contribution in [0.3, 0.4) is 0 Å². The third-order valence-electron chi connectivity index (χ3n) is 6.72. The fourth-order valence-electron chi connectivity index (χ4n) is 4.54. The number of imidazole rings is 1. The van der Waals surface area contributed by atoms with Crippen molar-refractivity contribution in [2.24, 2.45) is 0 Å². The van der Waals surface area contributed by atoms with E-state index in [9.17, 15) is 9.59 Å². The molecule has 4 heterocycles. The summed E-state index contributed by atoms with van der Waals surface area (Å²) in [6, 6.07) is 13.2. The average molecular weight is 570 g/mol. The molecule has 0 aliphatic carbocycles. The van der Waals surface area contributed by atoms with E-state index in [-0.39, 0.29) is 17.9 Å². The molecule has 5 aromatic rings. The van der Waals surface area contributed by atoms with E-state index in [2.05, 4.69) is 35.6 Å². The van der Waals surface area contributed by atoms with Gasteiger partial charge in [-0.25, -0.2) is 15.0 Å². The third kappa shape index (κ3) is 6.75.